The summed E-state index contributed by atoms with van der Waals surface area (Å²) in [5.74, 6) is -0.0794. The molecule has 7 atom stereocenters. The Bertz CT molecular complexity index is 526. The van der Waals surface area contributed by atoms with Crippen LogP contribution in [0, 0.1) is 23.7 Å². The summed E-state index contributed by atoms with van der Waals surface area (Å²) in [5, 5.41) is 20.9. The van der Waals surface area contributed by atoms with Crippen molar-refractivity contribution in [3.63, 3.8) is 0 Å². The maximum absolute atomic E-state index is 12.0. The van der Waals surface area contributed by atoms with Crippen molar-refractivity contribution in [3.8, 4) is 0 Å². The van der Waals surface area contributed by atoms with Gasteiger partial charge in [-0.05, 0) is 50.0 Å². The summed E-state index contributed by atoms with van der Waals surface area (Å²) in [5.41, 5.74) is 1.01. The van der Waals surface area contributed by atoms with Gasteiger partial charge < -0.3 is 14.9 Å². The normalized spacial score (nSPS) is 39.7. The number of hydrogen-bond donors (Lipinski definition) is 2. The first kappa shape index (κ1) is 16.7. The Morgan fingerprint density at radius 3 is 2.74 bits per heavy atom. The van der Waals surface area contributed by atoms with Gasteiger partial charge in [0.15, 0.2) is 5.78 Å². The van der Waals surface area contributed by atoms with Crippen LogP contribution < -0.4 is 0 Å². The number of aliphatic hydroxyl groups excluding tert-OH is 2. The molecule has 0 radical (unpaired) electrons. The van der Waals surface area contributed by atoms with Crippen LogP contribution >= 0.6 is 0 Å². The topological polar surface area (TPSA) is 83.8 Å². The van der Waals surface area contributed by atoms with Gasteiger partial charge in [0.25, 0.3) is 0 Å². The second-order valence-corrected chi connectivity index (χ2v) is 7.34. The number of esters is 1. The van der Waals surface area contributed by atoms with Crippen molar-refractivity contribution < 1.29 is 24.5 Å². The molecule has 0 aromatic carbocycles. The second kappa shape index (κ2) is 6.36. The molecular weight excluding hydrogens is 296 g/mol. The number of rotatable bonds is 3. The van der Waals surface area contributed by atoms with Crippen molar-refractivity contribution in [2.24, 2.45) is 23.7 Å². The number of ether oxygens (including phenoxy) is 1. The molecule has 1 saturated heterocycles. The van der Waals surface area contributed by atoms with Crippen LogP contribution in [0.2, 0.25) is 0 Å². The van der Waals surface area contributed by atoms with Crippen LogP contribution in [0.4, 0.5) is 0 Å². The largest absolute Gasteiger partial charge is 0.462 e. The molecule has 7 unspecified atom stereocenters. The number of ketones is 1. The zero-order valence-electron chi connectivity index (χ0n) is 13.8. The van der Waals surface area contributed by atoms with E-state index in [4.69, 9.17) is 4.74 Å². The van der Waals surface area contributed by atoms with Crippen LogP contribution in [0.25, 0.3) is 0 Å². The van der Waals surface area contributed by atoms with Crippen LogP contribution in [0.1, 0.15) is 46.0 Å². The molecule has 3 rings (SSSR count). The molecule has 5 heteroatoms. The van der Waals surface area contributed by atoms with Crippen LogP contribution in [-0.2, 0) is 14.3 Å². The van der Waals surface area contributed by atoms with Gasteiger partial charge >= 0.3 is 5.97 Å². The van der Waals surface area contributed by atoms with Crippen molar-refractivity contribution in [1.82, 2.24) is 0 Å². The number of carbonyl (C=O) groups excluding carboxylic acids is 2. The standard InChI is InChI=1S/C18H26O5/c1-3-14(20)18(22)17-11-4-5-16(21)23-15(11)8-12-9(2)6-10(19)7-13(12)17/h6,11-15,17-18,20,22H,3-5,7-8H2,1-2H3. The molecule has 0 aromatic heterocycles. The summed E-state index contributed by atoms with van der Waals surface area (Å²) in [4.78, 5) is 23.7. The van der Waals surface area contributed by atoms with Crippen molar-refractivity contribution >= 4 is 11.8 Å². The van der Waals surface area contributed by atoms with E-state index in [0.717, 1.165) is 12.0 Å². The fourth-order valence-corrected chi connectivity index (χ4v) is 4.92. The van der Waals surface area contributed by atoms with E-state index < -0.39 is 12.2 Å². The minimum Gasteiger partial charge on any atom is -0.462 e. The number of aliphatic hydroxyl groups is 2. The molecule has 2 fully saturated rings. The van der Waals surface area contributed by atoms with E-state index >= 15 is 0 Å². The van der Waals surface area contributed by atoms with Crippen LogP contribution in [0.3, 0.4) is 0 Å². The summed E-state index contributed by atoms with van der Waals surface area (Å²) in [6.07, 6.45) is 2.42. The van der Waals surface area contributed by atoms with Gasteiger partial charge in [0.1, 0.15) is 6.10 Å². The number of hydrogen-bond acceptors (Lipinski definition) is 5. The maximum atomic E-state index is 12.0. The SMILES string of the molecule is CCC(O)C(O)C1C2CCC(=O)OC2CC2C(C)=CC(=O)CC21. The minimum absolute atomic E-state index is 0.0294. The Morgan fingerprint density at radius 2 is 2.04 bits per heavy atom. The summed E-state index contributed by atoms with van der Waals surface area (Å²) in [7, 11) is 0. The molecule has 23 heavy (non-hydrogen) atoms. The molecule has 1 aliphatic heterocycles. The van der Waals surface area contributed by atoms with Crippen molar-refractivity contribution in [3.05, 3.63) is 11.6 Å². The third-order valence-corrected chi connectivity index (χ3v) is 6.05. The fourth-order valence-electron chi connectivity index (χ4n) is 4.92. The Hall–Kier alpha value is -1.20. The average molecular weight is 322 g/mol. The fraction of sp³-hybridized carbons (Fsp3) is 0.778. The number of fused-ring (bicyclic) bond motifs is 2. The first-order chi connectivity index (χ1) is 10.9. The van der Waals surface area contributed by atoms with Crippen LogP contribution in [0.5, 0.6) is 0 Å². The highest BCUT2D eigenvalue weighted by Gasteiger charge is 2.52. The van der Waals surface area contributed by atoms with Crippen molar-refractivity contribution in [2.45, 2.75) is 64.3 Å². The third kappa shape index (κ3) is 2.96. The molecule has 0 spiro atoms. The molecule has 2 N–H and O–H groups in total. The minimum atomic E-state index is -0.879. The summed E-state index contributed by atoms with van der Waals surface area (Å²) in [6, 6.07) is 0. The molecular formula is C18H26O5. The molecule has 128 valence electrons. The lowest BCUT2D eigenvalue weighted by atomic mass is 9.57. The molecule has 5 nitrogen and oxygen atoms in total. The highest BCUT2D eigenvalue weighted by Crippen LogP contribution is 2.51. The van der Waals surface area contributed by atoms with Gasteiger partial charge in [-0.3, -0.25) is 9.59 Å². The van der Waals surface area contributed by atoms with Crippen LogP contribution in [-0.4, -0.2) is 40.3 Å². The molecule has 3 aliphatic rings. The first-order valence-electron chi connectivity index (χ1n) is 8.69. The average Bonchev–Trinajstić information content (AvgIpc) is 2.51. The van der Waals surface area contributed by atoms with Gasteiger partial charge in [-0.15, -0.1) is 0 Å². The lowest BCUT2D eigenvalue weighted by molar-refractivity contribution is -0.179. The molecule has 0 aromatic rings. The molecule has 0 amide bonds. The molecule has 1 saturated carbocycles. The van der Waals surface area contributed by atoms with E-state index in [-0.39, 0.29) is 41.5 Å². The quantitative estimate of drug-likeness (QED) is 0.771. The van der Waals surface area contributed by atoms with Gasteiger partial charge in [-0.25, -0.2) is 0 Å². The molecule has 2 aliphatic carbocycles. The Labute approximate surface area is 136 Å². The third-order valence-electron chi connectivity index (χ3n) is 6.05. The van der Waals surface area contributed by atoms with E-state index in [1.807, 2.05) is 13.8 Å². The number of carbonyl (C=O) groups is 2. The van der Waals surface area contributed by atoms with Crippen molar-refractivity contribution in [1.29, 1.82) is 0 Å². The summed E-state index contributed by atoms with van der Waals surface area (Å²) in [6.45, 7) is 3.78. The molecule has 1 heterocycles. The predicted molar refractivity (Wildman–Crippen MR) is 83.4 cm³/mol. The Balaban J connectivity index is 1.95. The number of allylic oxidation sites excluding steroid dienone is 2. The van der Waals surface area contributed by atoms with E-state index in [9.17, 15) is 19.8 Å². The maximum Gasteiger partial charge on any atom is 0.306 e. The van der Waals surface area contributed by atoms with Crippen LogP contribution in [0.15, 0.2) is 11.6 Å². The lowest BCUT2D eigenvalue weighted by Crippen LogP contribution is -2.55. The lowest BCUT2D eigenvalue weighted by Gasteiger charge is -2.52. The van der Waals surface area contributed by atoms with Gasteiger partial charge in [-0.1, -0.05) is 12.5 Å². The van der Waals surface area contributed by atoms with Gasteiger partial charge in [0.2, 0.25) is 0 Å². The summed E-state index contributed by atoms with van der Waals surface area (Å²) < 4.78 is 5.56. The molecule has 0 bridgehead atoms. The van der Waals surface area contributed by atoms with Crippen molar-refractivity contribution in [2.75, 3.05) is 0 Å². The first-order valence-corrected chi connectivity index (χ1v) is 8.69. The monoisotopic (exact) mass is 322 g/mol. The Morgan fingerprint density at radius 1 is 1.30 bits per heavy atom. The predicted octanol–water partition coefficient (Wildman–Crippen LogP) is 1.61. The van der Waals surface area contributed by atoms with E-state index in [2.05, 4.69) is 0 Å². The zero-order chi connectivity index (χ0) is 16.7. The van der Waals surface area contributed by atoms with E-state index in [1.165, 1.54) is 0 Å². The summed E-state index contributed by atoms with van der Waals surface area (Å²) >= 11 is 0. The van der Waals surface area contributed by atoms with Gasteiger partial charge in [0, 0.05) is 18.8 Å². The Kier molecular flexibility index (Phi) is 4.61. The van der Waals surface area contributed by atoms with E-state index in [0.29, 0.717) is 25.7 Å². The zero-order valence-corrected chi connectivity index (χ0v) is 13.8. The van der Waals surface area contributed by atoms with E-state index in [1.54, 1.807) is 6.08 Å². The smallest absolute Gasteiger partial charge is 0.306 e. The van der Waals surface area contributed by atoms with Gasteiger partial charge in [0.05, 0.1) is 12.2 Å². The highest BCUT2D eigenvalue weighted by molar-refractivity contribution is 5.91. The second-order valence-electron chi connectivity index (χ2n) is 7.34. The highest BCUT2D eigenvalue weighted by atomic mass is 16.5. The van der Waals surface area contributed by atoms with Gasteiger partial charge in [-0.2, -0.15) is 0 Å².